The SMILES string of the molecule is C[C@H](NC(=O)OC(C)(C)C)C(=O)NCc1cccn2cc(-c3ccc(C(=O)O)cc3)nc12. The number of carboxylic acid groups (broad SMARTS) is 1. The molecule has 0 unspecified atom stereocenters. The number of imidazole rings is 1. The van der Waals surface area contributed by atoms with Gasteiger partial charge in [0.25, 0.3) is 0 Å². The summed E-state index contributed by atoms with van der Waals surface area (Å²) in [7, 11) is 0. The van der Waals surface area contributed by atoms with Gasteiger partial charge in [-0.1, -0.05) is 18.2 Å². The third kappa shape index (κ3) is 5.63. The van der Waals surface area contributed by atoms with E-state index in [1.807, 2.05) is 28.9 Å². The van der Waals surface area contributed by atoms with Gasteiger partial charge in [0.2, 0.25) is 5.91 Å². The molecule has 0 saturated carbocycles. The Morgan fingerprint density at radius 3 is 2.47 bits per heavy atom. The number of amides is 2. The molecule has 2 aromatic heterocycles. The van der Waals surface area contributed by atoms with Crippen molar-refractivity contribution < 1.29 is 24.2 Å². The largest absolute Gasteiger partial charge is 0.478 e. The number of fused-ring (bicyclic) bond motifs is 1. The van der Waals surface area contributed by atoms with Crippen molar-refractivity contribution in [3.05, 3.63) is 59.9 Å². The molecule has 0 aliphatic rings. The number of hydrogen-bond acceptors (Lipinski definition) is 5. The molecule has 32 heavy (non-hydrogen) atoms. The summed E-state index contributed by atoms with van der Waals surface area (Å²) in [5.74, 6) is -1.34. The normalized spacial score (nSPS) is 12.2. The van der Waals surface area contributed by atoms with E-state index in [2.05, 4.69) is 15.6 Å². The maximum absolute atomic E-state index is 12.4. The zero-order valence-corrected chi connectivity index (χ0v) is 18.4. The highest BCUT2D eigenvalue weighted by Gasteiger charge is 2.21. The van der Waals surface area contributed by atoms with Crippen molar-refractivity contribution in [3.8, 4) is 11.3 Å². The molecule has 0 aliphatic carbocycles. The smallest absolute Gasteiger partial charge is 0.408 e. The van der Waals surface area contributed by atoms with E-state index in [1.165, 1.54) is 12.1 Å². The Hall–Kier alpha value is -3.88. The quantitative estimate of drug-likeness (QED) is 0.543. The summed E-state index contributed by atoms with van der Waals surface area (Å²) in [6, 6.07) is 9.39. The number of ether oxygens (including phenoxy) is 1. The molecular weight excluding hydrogens is 412 g/mol. The molecule has 9 nitrogen and oxygen atoms in total. The molecule has 3 rings (SSSR count). The van der Waals surface area contributed by atoms with Crippen LogP contribution in [0.25, 0.3) is 16.9 Å². The van der Waals surface area contributed by atoms with Gasteiger partial charge in [-0.05, 0) is 45.9 Å². The fraction of sp³-hybridized carbons (Fsp3) is 0.304. The summed E-state index contributed by atoms with van der Waals surface area (Å²) in [6.45, 7) is 7.04. The van der Waals surface area contributed by atoms with Crippen LogP contribution in [-0.4, -0.2) is 44.1 Å². The predicted molar refractivity (Wildman–Crippen MR) is 118 cm³/mol. The lowest BCUT2D eigenvalue weighted by molar-refractivity contribution is -0.122. The molecule has 3 aromatic rings. The van der Waals surface area contributed by atoms with Gasteiger partial charge in [-0.25, -0.2) is 14.6 Å². The van der Waals surface area contributed by atoms with Gasteiger partial charge in [0.15, 0.2) is 0 Å². The number of pyridine rings is 1. The Balaban J connectivity index is 1.69. The van der Waals surface area contributed by atoms with Crippen molar-refractivity contribution in [1.29, 1.82) is 0 Å². The summed E-state index contributed by atoms with van der Waals surface area (Å²) in [6.07, 6.45) is 3.02. The van der Waals surface area contributed by atoms with Crippen molar-refractivity contribution in [2.45, 2.75) is 45.9 Å². The predicted octanol–water partition coefficient (Wildman–Crippen LogP) is 3.23. The molecule has 3 N–H and O–H groups in total. The molecule has 0 aliphatic heterocycles. The Morgan fingerprint density at radius 2 is 1.84 bits per heavy atom. The summed E-state index contributed by atoms with van der Waals surface area (Å²) in [5.41, 5.74) is 2.47. The Morgan fingerprint density at radius 1 is 1.16 bits per heavy atom. The van der Waals surface area contributed by atoms with E-state index in [1.54, 1.807) is 39.8 Å². The molecule has 0 bridgehead atoms. The zero-order chi connectivity index (χ0) is 23.5. The molecular formula is C23H26N4O5. The lowest BCUT2D eigenvalue weighted by Gasteiger charge is -2.21. The number of alkyl carbamates (subject to hydrolysis) is 1. The van der Waals surface area contributed by atoms with Gasteiger partial charge in [-0.2, -0.15) is 0 Å². The van der Waals surface area contributed by atoms with E-state index in [-0.39, 0.29) is 18.0 Å². The van der Waals surface area contributed by atoms with Crippen molar-refractivity contribution >= 4 is 23.6 Å². The number of aromatic carboxylic acids is 1. The van der Waals surface area contributed by atoms with Gasteiger partial charge in [0, 0.05) is 30.1 Å². The highest BCUT2D eigenvalue weighted by Crippen LogP contribution is 2.21. The molecule has 2 heterocycles. The zero-order valence-electron chi connectivity index (χ0n) is 18.4. The number of rotatable bonds is 6. The lowest BCUT2D eigenvalue weighted by Crippen LogP contribution is -2.46. The maximum atomic E-state index is 12.4. The van der Waals surface area contributed by atoms with E-state index < -0.39 is 23.7 Å². The van der Waals surface area contributed by atoms with Gasteiger partial charge in [0.05, 0.1) is 11.3 Å². The minimum Gasteiger partial charge on any atom is -0.478 e. The average Bonchev–Trinajstić information content (AvgIpc) is 3.15. The second-order valence-corrected chi connectivity index (χ2v) is 8.36. The van der Waals surface area contributed by atoms with Crippen molar-refractivity contribution in [1.82, 2.24) is 20.0 Å². The average molecular weight is 438 g/mol. The fourth-order valence-corrected chi connectivity index (χ4v) is 3.02. The highest BCUT2D eigenvalue weighted by molar-refractivity contribution is 5.88. The van der Waals surface area contributed by atoms with Crippen LogP contribution in [0.15, 0.2) is 48.8 Å². The summed E-state index contributed by atoms with van der Waals surface area (Å²) < 4.78 is 7.01. The van der Waals surface area contributed by atoms with Crippen molar-refractivity contribution in [2.75, 3.05) is 0 Å². The van der Waals surface area contributed by atoms with Crippen LogP contribution in [0.4, 0.5) is 4.79 Å². The van der Waals surface area contributed by atoms with Crippen molar-refractivity contribution in [3.63, 3.8) is 0 Å². The van der Waals surface area contributed by atoms with E-state index >= 15 is 0 Å². The molecule has 0 saturated heterocycles. The number of hydrogen-bond donors (Lipinski definition) is 3. The van der Waals surface area contributed by atoms with Crippen molar-refractivity contribution in [2.24, 2.45) is 0 Å². The minimum absolute atomic E-state index is 0.204. The molecule has 2 amide bonds. The van der Waals surface area contributed by atoms with Crippen LogP contribution in [0.2, 0.25) is 0 Å². The molecule has 1 aromatic carbocycles. The Kier molecular flexibility index (Phi) is 6.47. The number of carbonyl (C=O) groups is 3. The van der Waals surface area contributed by atoms with Gasteiger partial charge in [-0.15, -0.1) is 0 Å². The monoisotopic (exact) mass is 438 g/mol. The third-order valence-electron chi connectivity index (χ3n) is 4.57. The molecule has 0 fully saturated rings. The second kappa shape index (κ2) is 9.09. The van der Waals surface area contributed by atoms with Gasteiger partial charge >= 0.3 is 12.1 Å². The molecule has 9 heteroatoms. The molecule has 168 valence electrons. The molecule has 0 spiro atoms. The topological polar surface area (TPSA) is 122 Å². The third-order valence-corrected chi connectivity index (χ3v) is 4.57. The van der Waals surface area contributed by atoms with Gasteiger partial charge in [-0.3, -0.25) is 4.79 Å². The van der Waals surface area contributed by atoms with E-state index in [4.69, 9.17) is 9.84 Å². The van der Waals surface area contributed by atoms with Crippen LogP contribution in [0.1, 0.15) is 43.6 Å². The Labute approximate surface area is 185 Å². The van der Waals surface area contributed by atoms with Crippen LogP contribution in [-0.2, 0) is 16.1 Å². The first-order valence-electron chi connectivity index (χ1n) is 10.1. The number of nitrogens with one attached hydrogen (secondary N) is 2. The van der Waals surface area contributed by atoms with Crippen LogP contribution in [0, 0.1) is 0 Å². The first kappa shape index (κ1) is 22.8. The first-order chi connectivity index (χ1) is 15.0. The molecule has 0 radical (unpaired) electrons. The molecule has 1 atom stereocenters. The van der Waals surface area contributed by atoms with Crippen LogP contribution < -0.4 is 10.6 Å². The number of benzene rings is 1. The van der Waals surface area contributed by atoms with Crippen LogP contribution in [0.3, 0.4) is 0 Å². The van der Waals surface area contributed by atoms with Gasteiger partial charge in [0.1, 0.15) is 17.3 Å². The second-order valence-electron chi connectivity index (χ2n) is 8.36. The number of aromatic nitrogens is 2. The van der Waals surface area contributed by atoms with E-state index in [0.29, 0.717) is 11.3 Å². The summed E-state index contributed by atoms with van der Waals surface area (Å²) in [4.78, 5) is 40.0. The van der Waals surface area contributed by atoms with E-state index in [0.717, 1.165) is 11.1 Å². The van der Waals surface area contributed by atoms with Crippen LogP contribution in [0.5, 0.6) is 0 Å². The Bertz CT molecular complexity index is 1150. The highest BCUT2D eigenvalue weighted by atomic mass is 16.6. The number of carboxylic acids is 1. The van der Waals surface area contributed by atoms with E-state index in [9.17, 15) is 14.4 Å². The first-order valence-corrected chi connectivity index (χ1v) is 10.1. The number of carbonyl (C=O) groups excluding carboxylic acids is 2. The number of nitrogens with zero attached hydrogens (tertiary/aromatic N) is 2. The lowest BCUT2D eigenvalue weighted by atomic mass is 10.1. The summed E-state index contributed by atoms with van der Waals surface area (Å²) >= 11 is 0. The maximum Gasteiger partial charge on any atom is 0.408 e. The minimum atomic E-state index is -0.986. The standard InChI is InChI=1S/C23H26N4O5/c1-14(25-22(31)32-23(2,3)4)20(28)24-12-17-6-5-11-27-13-18(26-19(17)27)15-7-9-16(10-8-15)21(29)30/h5-11,13-14H,12H2,1-4H3,(H,24,28)(H,25,31)(H,29,30)/t14-/m0/s1. The van der Waals surface area contributed by atoms with Crippen LogP contribution >= 0.6 is 0 Å². The fourth-order valence-electron chi connectivity index (χ4n) is 3.02. The van der Waals surface area contributed by atoms with Gasteiger partial charge < -0.3 is 24.9 Å². The summed E-state index contributed by atoms with van der Waals surface area (Å²) in [5, 5.41) is 14.4.